The molecule has 2 N–H and O–H groups in total. The van der Waals surface area contributed by atoms with Gasteiger partial charge in [0.2, 0.25) is 0 Å². The van der Waals surface area contributed by atoms with E-state index in [-0.39, 0.29) is 12.5 Å². The smallest absolute Gasteiger partial charge is 0.304 e. The van der Waals surface area contributed by atoms with Crippen LogP contribution in [0.15, 0.2) is 34.9 Å². The van der Waals surface area contributed by atoms with Crippen molar-refractivity contribution in [3.05, 3.63) is 36.1 Å². The van der Waals surface area contributed by atoms with Crippen LogP contribution in [0.25, 0.3) is 11.0 Å². The maximum atomic E-state index is 10.7. The second kappa shape index (κ2) is 5.69. The number of rotatable bonds is 6. The van der Waals surface area contributed by atoms with E-state index in [1.165, 1.54) is 0 Å². The summed E-state index contributed by atoms with van der Waals surface area (Å²) in [5, 5.41) is 13.1. The number of para-hydroxylation sites is 1. The fourth-order valence-corrected chi connectivity index (χ4v) is 2.00. The van der Waals surface area contributed by atoms with Gasteiger partial charge in [-0.15, -0.1) is 0 Å². The molecular formula is C14H17NO3. The second-order valence-electron chi connectivity index (χ2n) is 4.34. The summed E-state index contributed by atoms with van der Waals surface area (Å²) in [7, 11) is 0. The summed E-state index contributed by atoms with van der Waals surface area (Å²) in [6.07, 6.45) is 2.67. The maximum Gasteiger partial charge on any atom is 0.304 e. The molecule has 1 aromatic carbocycles. The van der Waals surface area contributed by atoms with Gasteiger partial charge in [0.05, 0.1) is 12.7 Å². The average Bonchev–Trinajstić information content (AvgIpc) is 2.77. The van der Waals surface area contributed by atoms with Gasteiger partial charge < -0.3 is 14.8 Å². The first kappa shape index (κ1) is 12.6. The Morgan fingerprint density at radius 3 is 2.94 bits per heavy atom. The zero-order valence-electron chi connectivity index (χ0n) is 10.3. The highest BCUT2D eigenvalue weighted by molar-refractivity contribution is 5.80. The molecule has 0 aliphatic heterocycles. The molecule has 0 aliphatic carbocycles. The number of carboxylic acids is 1. The zero-order chi connectivity index (χ0) is 13.0. The topological polar surface area (TPSA) is 62.5 Å². The lowest BCUT2D eigenvalue weighted by molar-refractivity contribution is -0.137. The van der Waals surface area contributed by atoms with Crippen LogP contribution >= 0.6 is 0 Å². The second-order valence-corrected chi connectivity index (χ2v) is 4.34. The number of aliphatic carboxylic acids is 1. The summed E-state index contributed by atoms with van der Waals surface area (Å²) in [4.78, 5) is 10.7. The van der Waals surface area contributed by atoms with E-state index in [0.717, 1.165) is 23.0 Å². The Kier molecular flexibility index (Phi) is 3.99. The Morgan fingerprint density at radius 2 is 2.22 bits per heavy atom. The van der Waals surface area contributed by atoms with Crippen molar-refractivity contribution in [2.45, 2.75) is 32.4 Å². The fourth-order valence-electron chi connectivity index (χ4n) is 2.00. The molecule has 0 saturated carbocycles. The normalized spacial score (nSPS) is 12.7. The molecule has 0 unspecified atom stereocenters. The van der Waals surface area contributed by atoms with Gasteiger partial charge in [0, 0.05) is 23.5 Å². The van der Waals surface area contributed by atoms with Crippen molar-refractivity contribution >= 4 is 16.9 Å². The third-order valence-electron chi connectivity index (χ3n) is 3.06. The van der Waals surface area contributed by atoms with Crippen molar-refractivity contribution in [2.75, 3.05) is 0 Å². The van der Waals surface area contributed by atoms with Gasteiger partial charge >= 0.3 is 5.97 Å². The van der Waals surface area contributed by atoms with E-state index in [9.17, 15) is 4.79 Å². The van der Waals surface area contributed by atoms with Crippen LogP contribution in [0.4, 0.5) is 0 Å². The van der Waals surface area contributed by atoms with Crippen LogP contribution in [-0.2, 0) is 11.3 Å². The number of hydrogen-bond acceptors (Lipinski definition) is 3. The van der Waals surface area contributed by atoms with Gasteiger partial charge in [-0.1, -0.05) is 25.1 Å². The maximum absolute atomic E-state index is 10.7. The number of carboxylic acid groups (broad SMARTS) is 1. The molecule has 2 rings (SSSR count). The van der Waals surface area contributed by atoms with E-state index in [2.05, 4.69) is 5.32 Å². The van der Waals surface area contributed by atoms with Crippen molar-refractivity contribution in [1.82, 2.24) is 5.32 Å². The lowest BCUT2D eigenvalue weighted by atomic mass is 10.1. The van der Waals surface area contributed by atoms with Crippen molar-refractivity contribution in [1.29, 1.82) is 0 Å². The first-order valence-electron chi connectivity index (χ1n) is 6.11. The third-order valence-corrected chi connectivity index (χ3v) is 3.06. The molecule has 4 heteroatoms. The molecule has 1 atom stereocenters. The van der Waals surface area contributed by atoms with E-state index >= 15 is 0 Å². The number of fused-ring (bicyclic) bond motifs is 1. The molecule has 0 amide bonds. The Morgan fingerprint density at radius 1 is 1.44 bits per heavy atom. The number of furan rings is 1. The molecule has 0 spiro atoms. The summed E-state index contributed by atoms with van der Waals surface area (Å²) >= 11 is 0. The standard InChI is InChI=1S/C14H17NO3/c1-2-11(7-14(16)17)15-8-10-9-18-13-6-4-3-5-12(10)13/h3-6,9,11,15H,2,7-8H2,1H3,(H,16,17)/t11-/m1/s1. The molecule has 1 aromatic heterocycles. The van der Waals surface area contributed by atoms with Crippen molar-refractivity contribution in [3.8, 4) is 0 Å². The summed E-state index contributed by atoms with van der Waals surface area (Å²) < 4.78 is 5.44. The van der Waals surface area contributed by atoms with Gasteiger partial charge in [0.15, 0.2) is 0 Å². The highest BCUT2D eigenvalue weighted by Crippen LogP contribution is 2.20. The molecule has 1 heterocycles. The largest absolute Gasteiger partial charge is 0.481 e. The van der Waals surface area contributed by atoms with Crippen molar-refractivity contribution in [2.24, 2.45) is 0 Å². The van der Waals surface area contributed by atoms with Gasteiger partial charge in [0.25, 0.3) is 0 Å². The summed E-state index contributed by atoms with van der Waals surface area (Å²) in [6, 6.07) is 7.83. The minimum absolute atomic E-state index is 0.00355. The minimum atomic E-state index is -0.772. The van der Waals surface area contributed by atoms with Crippen LogP contribution in [0.1, 0.15) is 25.3 Å². The van der Waals surface area contributed by atoms with Crippen LogP contribution in [-0.4, -0.2) is 17.1 Å². The van der Waals surface area contributed by atoms with E-state index in [4.69, 9.17) is 9.52 Å². The van der Waals surface area contributed by atoms with E-state index in [1.54, 1.807) is 6.26 Å². The highest BCUT2D eigenvalue weighted by Gasteiger charge is 2.12. The van der Waals surface area contributed by atoms with Crippen molar-refractivity contribution in [3.63, 3.8) is 0 Å². The molecule has 0 fully saturated rings. The highest BCUT2D eigenvalue weighted by atomic mass is 16.4. The van der Waals surface area contributed by atoms with Gasteiger partial charge in [0.1, 0.15) is 5.58 Å². The van der Waals surface area contributed by atoms with Gasteiger partial charge in [-0.2, -0.15) is 0 Å². The fraction of sp³-hybridized carbons (Fsp3) is 0.357. The predicted molar refractivity (Wildman–Crippen MR) is 69.4 cm³/mol. The SMILES string of the molecule is CC[C@H](CC(=O)O)NCc1coc2ccccc12. The number of benzene rings is 1. The van der Waals surface area contributed by atoms with E-state index in [1.807, 2.05) is 31.2 Å². The van der Waals surface area contributed by atoms with Gasteiger partial charge in [-0.3, -0.25) is 4.79 Å². The monoisotopic (exact) mass is 247 g/mol. The Balaban J connectivity index is 2.03. The summed E-state index contributed by atoms with van der Waals surface area (Å²) in [5.74, 6) is -0.772. The molecule has 0 radical (unpaired) electrons. The number of hydrogen-bond donors (Lipinski definition) is 2. The number of nitrogens with one attached hydrogen (secondary N) is 1. The average molecular weight is 247 g/mol. The van der Waals surface area contributed by atoms with Crippen LogP contribution in [0.3, 0.4) is 0 Å². The lowest BCUT2D eigenvalue weighted by Gasteiger charge is -2.13. The van der Waals surface area contributed by atoms with Gasteiger partial charge in [-0.25, -0.2) is 0 Å². The number of carbonyl (C=O) groups is 1. The quantitative estimate of drug-likeness (QED) is 0.824. The van der Waals surface area contributed by atoms with Crippen LogP contribution in [0, 0.1) is 0 Å². The van der Waals surface area contributed by atoms with Crippen LogP contribution in [0.5, 0.6) is 0 Å². The first-order valence-corrected chi connectivity index (χ1v) is 6.11. The Labute approximate surface area is 106 Å². The minimum Gasteiger partial charge on any atom is -0.481 e. The molecule has 0 saturated heterocycles. The molecule has 0 aliphatic rings. The summed E-state index contributed by atoms with van der Waals surface area (Å²) in [5.41, 5.74) is 1.93. The van der Waals surface area contributed by atoms with E-state index < -0.39 is 5.97 Å². The lowest BCUT2D eigenvalue weighted by Crippen LogP contribution is -2.30. The van der Waals surface area contributed by atoms with Crippen molar-refractivity contribution < 1.29 is 14.3 Å². The molecular weight excluding hydrogens is 230 g/mol. The zero-order valence-corrected chi connectivity index (χ0v) is 10.3. The van der Waals surface area contributed by atoms with Crippen LogP contribution in [0.2, 0.25) is 0 Å². The Bertz CT molecular complexity index is 533. The first-order chi connectivity index (χ1) is 8.70. The molecule has 96 valence electrons. The van der Waals surface area contributed by atoms with E-state index in [0.29, 0.717) is 6.54 Å². The molecule has 18 heavy (non-hydrogen) atoms. The Hall–Kier alpha value is -1.81. The van der Waals surface area contributed by atoms with Crippen LogP contribution < -0.4 is 5.32 Å². The molecule has 0 bridgehead atoms. The third kappa shape index (κ3) is 2.90. The summed E-state index contributed by atoms with van der Waals surface area (Å²) in [6.45, 7) is 2.61. The predicted octanol–water partition coefficient (Wildman–Crippen LogP) is 2.78. The molecule has 2 aromatic rings. The molecule has 4 nitrogen and oxygen atoms in total. The van der Waals surface area contributed by atoms with Gasteiger partial charge in [-0.05, 0) is 12.5 Å².